The molecule has 3 aliphatic heterocycles. The molecule has 15 nitrogen and oxygen atoms in total. The first-order valence-corrected chi connectivity index (χ1v) is 25.1. The highest BCUT2D eigenvalue weighted by Crippen LogP contribution is 2.41. The Kier molecular flexibility index (Phi) is 20.6. The van der Waals surface area contributed by atoms with Crippen molar-refractivity contribution < 1.29 is 67.7 Å². The second-order valence-corrected chi connectivity index (χ2v) is 20.5. The zero-order chi connectivity index (χ0) is 51.5. The number of benzene rings is 1. The van der Waals surface area contributed by atoms with Crippen LogP contribution >= 0.6 is 0 Å². The van der Waals surface area contributed by atoms with Gasteiger partial charge in [-0.2, -0.15) is 0 Å². The zero-order valence-corrected chi connectivity index (χ0v) is 43.2. The molecule has 1 amide bonds. The molecule has 2 bridgehead atoms. The van der Waals surface area contributed by atoms with Crippen LogP contribution in [0, 0.1) is 29.6 Å². The summed E-state index contributed by atoms with van der Waals surface area (Å²) in [4.78, 5) is 58.7. The summed E-state index contributed by atoms with van der Waals surface area (Å²) in [5, 5.41) is 36.1. The molecule has 70 heavy (non-hydrogen) atoms. The average Bonchev–Trinajstić information content (AvgIpc) is 3.34. The Morgan fingerprint density at radius 2 is 1.57 bits per heavy atom. The first-order valence-electron chi connectivity index (χ1n) is 25.1. The third-order valence-corrected chi connectivity index (χ3v) is 15.3. The fourth-order valence-corrected chi connectivity index (χ4v) is 11.1. The normalized spacial score (nSPS) is 36.6. The maximum atomic E-state index is 14.6. The van der Waals surface area contributed by atoms with E-state index in [1.165, 1.54) is 19.1 Å². The van der Waals surface area contributed by atoms with Crippen LogP contribution in [0.3, 0.4) is 0 Å². The first kappa shape index (κ1) is 56.7. The fraction of sp³-hybridized carbons (Fsp3) is 0.673. The van der Waals surface area contributed by atoms with Crippen LogP contribution in [0.15, 0.2) is 60.2 Å². The Hall–Kier alpha value is -4.22. The van der Waals surface area contributed by atoms with Crippen LogP contribution in [0.1, 0.15) is 117 Å². The predicted molar refractivity (Wildman–Crippen MR) is 265 cm³/mol. The largest absolute Gasteiger partial charge is 0.497 e. The van der Waals surface area contributed by atoms with Crippen molar-refractivity contribution in [1.82, 2.24) is 4.90 Å². The van der Waals surface area contributed by atoms with Gasteiger partial charge in [-0.1, -0.05) is 56.7 Å². The van der Waals surface area contributed by atoms with Gasteiger partial charge in [-0.3, -0.25) is 14.4 Å². The second-order valence-electron chi connectivity index (χ2n) is 20.5. The molecular weight excluding hydrogens is 899 g/mol. The summed E-state index contributed by atoms with van der Waals surface area (Å²) < 4.78 is 41.2. The summed E-state index contributed by atoms with van der Waals surface area (Å²) in [5.41, 5.74) is 1.24. The van der Waals surface area contributed by atoms with E-state index in [1.54, 1.807) is 47.3 Å². The summed E-state index contributed by atoms with van der Waals surface area (Å²) in [6.45, 7) is 13.1. The SMILES string of the molecule is C=CCC1/C=C(\C)CC(C)CC(OC)C2OC(O)(C(=O)C(=O)N3CCCCC3C(=O)OC(C(C)=CC3CCC(O)(CC=Cc4cc(OC)cc(OC)c4)C(OC)C3)C(C)C(O)CC1=O)C(C)CC2OC. The number of allylic oxidation sites excluding steroid dienone is 4. The number of Topliss-reactive ketones (excluding diaryl/α,β-unsaturated/α-hetero) is 2. The van der Waals surface area contributed by atoms with Gasteiger partial charge < -0.3 is 53.4 Å². The summed E-state index contributed by atoms with van der Waals surface area (Å²) in [7, 11) is 7.79. The molecule has 3 fully saturated rings. The maximum Gasteiger partial charge on any atom is 0.329 e. The second kappa shape index (κ2) is 25.4. The van der Waals surface area contributed by atoms with Gasteiger partial charge in [0.25, 0.3) is 11.7 Å². The van der Waals surface area contributed by atoms with Crippen LogP contribution in [0.25, 0.3) is 6.08 Å². The number of nitrogens with zero attached hydrogens (tertiary/aromatic N) is 1. The summed E-state index contributed by atoms with van der Waals surface area (Å²) in [6, 6.07) is 4.36. The van der Waals surface area contributed by atoms with Crippen molar-refractivity contribution in [3.63, 3.8) is 0 Å². The lowest BCUT2D eigenvalue weighted by Gasteiger charge is -2.47. The number of methoxy groups -OCH3 is 5. The third kappa shape index (κ3) is 13.6. The smallest absolute Gasteiger partial charge is 0.329 e. The first-order chi connectivity index (χ1) is 33.2. The van der Waals surface area contributed by atoms with Gasteiger partial charge >= 0.3 is 5.97 Å². The Morgan fingerprint density at radius 3 is 2.20 bits per heavy atom. The molecule has 1 saturated carbocycles. The quantitative estimate of drug-likeness (QED) is 0.109. The van der Waals surface area contributed by atoms with Crippen LogP contribution in [-0.2, 0) is 42.9 Å². The number of carbonyl (C=O) groups excluding carboxylic acids is 4. The lowest BCUT2D eigenvalue weighted by Crippen LogP contribution is -2.64. The van der Waals surface area contributed by atoms with Crippen molar-refractivity contribution in [1.29, 1.82) is 0 Å². The lowest BCUT2D eigenvalue weighted by molar-refractivity contribution is -0.302. The zero-order valence-electron chi connectivity index (χ0n) is 43.2. The number of aliphatic hydroxyl groups excluding tert-OH is 1. The average molecular weight is 980 g/mol. The number of hydrogen-bond donors (Lipinski definition) is 3. The highest BCUT2D eigenvalue weighted by atomic mass is 16.7. The molecule has 390 valence electrons. The van der Waals surface area contributed by atoms with Gasteiger partial charge in [-0.15, -0.1) is 6.58 Å². The molecular formula is C55H81NO14. The molecule has 14 unspecified atom stereocenters. The minimum Gasteiger partial charge on any atom is -0.497 e. The topological polar surface area (TPSA) is 197 Å². The molecule has 4 aliphatic rings. The van der Waals surface area contributed by atoms with E-state index in [2.05, 4.69) is 6.58 Å². The lowest BCUT2D eigenvalue weighted by atomic mass is 9.74. The van der Waals surface area contributed by atoms with Crippen molar-refractivity contribution in [3.8, 4) is 11.5 Å². The molecule has 3 N–H and O–H groups in total. The molecule has 0 spiro atoms. The highest BCUT2D eigenvalue weighted by Gasteiger charge is 2.56. The number of aliphatic hydroxyl groups is 3. The number of fused-ring (bicyclic) bond motifs is 3. The molecule has 2 saturated heterocycles. The molecule has 3 heterocycles. The number of carbonyl (C=O) groups is 4. The highest BCUT2D eigenvalue weighted by molar-refractivity contribution is 6.39. The summed E-state index contributed by atoms with van der Waals surface area (Å²) in [6.07, 6.45) is 8.80. The van der Waals surface area contributed by atoms with Crippen LogP contribution in [0.2, 0.25) is 0 Å². The molecule has 5 rings (SSSR count). The Balaban J connectivity index is 1.48. The Bertz CT molecular complexity index is 2040. The van der Waals surface area contributed by atoms with Gasteiger partial charge in [-0.05, 0) is 120 Å². The van der Waals surface area contributed by atoms with E-state index >= 15 is 0 Å². The summed E-state index contributed by atoms with van der Waals surface area (Å²) in [5.74, 6) is -6.81. The van der Waals surface area contributed by atoms with E-state index in [9.17, 15) is 34.5 Å². The number of ether oxygens (including phenoxy) is 7. The van der Waals surface area contributed by atoms with Crippen molar-refractivity contribution in [3.05, 3.63) is 65.8 Å². The Morgan fingerprint density at radius 1 is 0.900 bits per heavy atom. The number of hydrogen-bond acceptors (Lipinski definition) is 14. The van der Waals surface area contributed by atoms with Gasteiger partial charge in [-0.25, -0.2) is 4.79 Å². The third-order valence-electron chi connectivity index (χ3n) is 15.3. The van der Waals surface area contributed by atoms with Crippen molar-refractivity contribution in [2.75, 3.05) is 42.1 Å². The number of piperidine rings is 1. The van der Waals surface area contributed by atoms with E-state index in [-0.39, 0.29) is 43.4 Å². The van der Waals surface area contributed by atoms with Gasteiger partial charge in [0.2, 0.25) is 5.79 Å². The Labute approximate surface area is 415 Å². The molecule has 0 radical (unpaired) electrons. The van der Waals surface area contributed by atoms with Gasteiger partial charge in [0.15, 0.2) is 0 Å². The van der Waals surface area contributed by atoms with Crippen LogP contribution in [0.4, 0.5) is 0 Å². The van der Waals surface area contributed by atoms with E-state index in [4.69, 9.17) is 33.2 Å². The molecule has 1 aromatic rings. The van der Waals surface area contributed by atoms with Crippen LogP contribution in [-0.4, -0.2) is 140 Å². The van der Waals surface area contributed by atoms with Crippen molar-refractivity contribution >= 4 is 29.5 Å². The fourth-order valence-electron chi connectivity index (χ4n) is 11.1. The van der Waals surface area contributed by atoms with Crippen LogP contribution < -0.4 is 9.47 Å². The summed E-state index contributed by atoms with van der Waals surface area (Å²) >= 11 is 0. The van der Waals surface area contributed by atoms with E-state index < -0.39 is 89.5 Å². The number of ketones is 2. The molecule has 14 atom stereocenters. The monoisotopic (exact) mass is 980 g/mol. The number of rotatable bonds is 12. The maximum absolute atomic E-state index is 14.6. The van der Waals surface area contributed by atoms with Crippen molar-refractivity contribution in [2.45, 2.75) is 166 Å². The molecule has 1 aromatic carbocycles. The van der Waals surface area contributed by atoms with Crippen LogP contribution in [0.5, 0.6) is 11.5 Å². The van der Waals surface area contributed by atoms with Gasteiger partial charge in [0, 0.05) is 58.1 Å². The standard InChI is InChI=1S/C55H81NO14/c1-12-16-40-24-33(2)23-34(3)25-46(66-9)50-47(67-10)27-36(5)55(63,70-50)51(59)52(60)56-22-14-13-18-43(56)53(61)69-49(37(6)44(57)32-45(40)58)35(4)26-39-19-21-54(62,48(30-39)68-11)20-15-17-38-28-41(64-7)31-42(29-38)65-8/h12,15,17,24,26,28-29,31,34,36-37,39-40,43-44,46-50,57,62-63H,1,13-14,16,18-23,25,27,30,32H2,2-11H3/b17-15?,33-24+,35-26?. The predicted octanol–water partition coefficient (Wildman–Crippen LogP) is 7.13. The molecule has 15 heteroatoms. The molecule has 1 aliphatic carbocycles. The minimum absolute atomic E-state index is 0.0113. The molecule has 0 aromatic heterocycles. The minimum atomic E-state index is -2.54. The van der Waals surface area contributed by atoms with E-state index in [1.807, 2.05) is 57.2 Å². The van der Waals surface area contributed by atoms with E-state index in [0.717, 1.165) is 11.1 Å². The van der Waals surface area contributed by atoms with Crippen molar-refractivity contribution in [2.24, 2.45) is 29.6 Å². The number of esters is 1. The van der Waals surface area contributed by atoms with E-state index in [0.29, 0.717) is 74.9 Å². The number of amides is 1. The number of cyclic esters (lactones) is 1. The van der Waals surface area contributed by atoms with Gasteiger partial charge in [0.05, 0.1) is 44.2 Å². The van der Waals surface area contributed by atoms with Gasteiger partial charge in [0.1, 0.15) is 35.5 Å².